The minimum Gasteiger partial charge on any atom is -0.453 e. The minimum absolute atomic E-state index is 0.0427. The number of nitrogens with two attached hydrogens (primary N) is 1. The Morgan fingerprint density at radius 1 is 1.41 bits per heavy atom. The van der Waals surface area contributed by atoms with Gasteiger partial charge in [0.15, 0.2) is 0 Å². The monoisotopic (exact) mass is 371 g/mol. The summed E-state index contributed by atoms with van der Waals surface area (Å²) in [6, 6.07) is 5.05. The first-order valence-corrected chi connectivity index (χ1v) is 9.13. The van der Waals surface area contributed by atoms with E-state index < -0.39 is 6.09 Å². The Labute approximate surface area is 157 Å². The predicted molar refractivity (Wildman–Crippen MR) is 103 cm³/mol. The van der Waals surface area contributed by atoms with Crippen molar-refractivity contribution in [1.82, 2.24) is 9.97 Å². The molecule has 0 saturated carbocycles. The highest BCUT2D eigenvalue weighted by atomic mass is 16.5. The number of ether oxygens (including phenoxy) is 1. The van der Waals surface area contributed by atoms with E-state index in [0.717, 1.165) is 37.1 Å². The second-order valence-electron chi connectivity index (χ2n) is 6.68. The Balaban J connectivity index is 2.03. The Kier molecular flexibility index (Phi) is 5.75. The third-order valence-corrected chi connectivity index (χ3v) is 4.87. The SMILES string of the molecule is CC[C@H]1CCC[C@H](N)c2nc(c[nH]2)-c2ccc(NC(=O)OC)cc2NC1=O. The van der Waals surface area contributed by atoms with Gasteiger partial charge in [-0.3, -0.25) is 10.1 Å². The van der Waals surface area contributed by atoms with Gasteiger partial charge in [0.1, 0.15) is 5.82 Å². The summed E-state index contributed by atoms with van der Waals surface area (Å²) >= 11 is 0. The first-order valence-electron chi connectivity index (χ1n) is 9.13. The first-order chi connectivity index (χ1) is 13.0. The molecule has 8 heteroatoms. The highest BCUT2D eigenvalue weighted by molar-refractivity contribution is 5.98. The molecule has 1 aliphatic rings. The Morgan fingerprint density at radius 2 is 2.22 bits per heavy atom. The highest BCUT2D eigenvalue weighted by Gasteiger charge is 2.22. The maximum absolute atomic E-state index is 12.8. The summed E-state index contributed by atoms with van der Waals surface area (Å²) in [5, 5.41) is 5.62. The van der Waals surface area contributed by atoms with Gasteiger partial charge in [-0.25, -0.2) is 9.78 Å². The fourth-order valence-electron chi connectivity index (χ4n) is 3.26. The second kappa shape index (κ2) is 8.22. The number of benzene rings is 1. The molecule has 0 spiro atoms. The standard InChI is InChI=1S/C19H25N5O3/c1-3-11-5-4-6-14(20)17-21-10-16(23-17)13-8-7-12(22-19(26)27-2)9-15(13)24-18(11)25/h7-11,14H,3-6,20H2,1-2H3,(H,21,23)(H,22,26)(H,24,25)/t11-,14-/m0/s1. The molecule has 2 atom stereocenters. The van der Waals surface area contributed by atoms with Gasteiger partial charge in [-0.05, 0) is 37.5 Å². The zero-order chi connectivity index (χ0) is 19.4. The van der Waals surface area contributed by atoms with E-state index in [0.29, 0.717) is 17.1 Å². The molecule has 2 aromatic rings. The third kappa shape index (κ3) is 4.28. The van der Waals surface area contributed by atoms with Crippen molar-refractivity contribution in [2.24, 2.45) is 11.7 Å². The van der Waals surface area contributed by atoms with Crippen molar-refractivity contribution < 1.29 is 14.3 Å². The lowest BCUT2D eigenvalue weighted by molar-refractivity contribution is -0.120. The topological polar surface area (TPSA) is 122 Å². The molecule has 1 aromatic heterocycles. The average Bonchev–Trinajstić information content (AvgIpc) is 3.14. The lowest BCUT2D eigenvalue weighted by atomic mass is 9.96. The molecule has 5 N–H and O–H groups in total. The van der Waals surface area contributed by atoms with Crippen molar-refractivity contribution in [3.8, 4) is 11.3 Å². The van der Waals surface area contributed by atoms with Gasteiger partial charge < -0.3 is 20.8 Å². The maximum Gasteiger partial charge on any atom is 0.411 e. The molecule has 2 amide bonds. The second-order valence-corrected chi connectivity index (χ2v) is 6.68. The highest BCUT2D eigenvalue weighted by Crippen LogP contribution is 2.32. The van der Waals surface area contributed by atoms with Crippen LogP contribution in [0.4, 0.5) is 16.2 Å². The number of amides is 2. The van der Waals surface area contributed by atoms with Crippen molar-refractivity contribution in [2.75, 3.05) is 17.7 Å². The Morgan fingerprint density at radius 3 is 2.96 bits per heavy atom. The number of H-pyrrole nitrogens is 1. The van der Waals surface area contributed by atoms with Crippen LogP contribution in [0.5, 0.6) is 0 Å². The molecule has 0 aliphatic carbocycles. The molecule has 2 bridgehead atoms. The van der Waals surface area contributed by atoms with Gasteiger partial charge >= 0.3 is 6.09 Å². The van der Waals surface area contributed by atoms with E-state index in [2.05, 4.69) is 25.3 Å². The molecule has 0 unspecified atom stereocenters. The van der Waals surface area contributed by atoms with Crippen LogP contribution in [-0.4, -0.2) is 29.1 Å². The summed E-state index contributed by atoms with van der Waals surface area (Å²) < 4.78 is 4.63. The summed E-state index contributed by atoms with van der Waals surface area (Å²) in [6.07, 6.45) is 4.33. The van der Waals surface area contributed by atoms with Gasteiger partial charge in [0, 0.05) is 23.4 Å². The van der Waals surface area contributed by atoms with Crippen LogP contribution in [0.25, 0.3) is 11.3 Å². The van der Waals surface area contributed by atoms with Crippen LogP contribution >= 0.6 is 0 Å². The fraction of sp³-hybridized carbons (Fsp3) is 0.421. The average molecular weight is 371 g/mol. The van der Waals surface area contributed by atoms with Crippen LogP contribution in [0.1, 0.15) is 44.5 Å². The number of hydrogen-bond acceptors (Lipinski definition) is 5. The van der Waals surface area contributed by atoms with Crippen molar-refractivity contribution in [2.45, 2.75) is 38.6 Å². The van der Waals surface area contributed by atoms with E-state index in [1.807, 2.05) is 6.92 Å². The van der Waals surface area contributed by atoms with E-state index in [1.54, 1.807) is 24.4 Å². The number of rotatable bonds is 2. The Bertz CT molecular complexity index is 833. The number of nitrogens with one attached hydrogen (secondary N) is 3. The zero-order valence-corrected chi connectivity index (χ0v) is 15.5. The molecule has 144 valence electrons. The number of carbonyl (C=O) groups excluding carboxylic acids is 2. The van der Waals surface area contributed by atoms with Gasteiger partial charge in [0.2, 0.25) is 5.91 Å². The van der Waals surface area contributed by atoms with Crippen molar-refractivity contribution in [1.29, 1.82) is 0 Å². The van der Waals surface area contributed by atoms with Crippen LogP contribution in [0.2, 0.25) is 0 Å². The van der Waals surface area contributed by atoms with E-state index in [1.165, 1.54) is 7.11 Å². The minimum atomic E-state index is -0.575. The molecule has 0 fully saturated rings. The van der Waals surface area contributed by atoms with E-state index in [4.69, 9.17) is 5.73 Å². The Hall–Kier alpha value is -2.87. The lowest BCUT2D eigenvalue weighted by Gasteiger charge is -2.19. The number of aromatic nitrogens is 2. The van der Waals surface area contributed by atoms with Crippen molar-refractivity contribution in [3.05, 3.63) is 30.2 Å². The number of hydrogen-bond donors (Lipinski definition) is 4. The molecule has 1 aliphatic heterocycles. The molecular formula is C19H25N5O3. The summed E-state index contributed by atoms with van der Waals surface area (Å²) in [4.78, 5) is 32.0. The number of nitrogens with zero attached hydrogens (tertiary/aromatic N) is 1. The summed E-state index contributed by atoms with van der Waals surface area (Å²) in [5.41, 5.74) is 8.79. The quantitative estimate of drug-likeness (QED) is 0.644. The van der Waals surface area contributed by atoms with Gasteiger partial charge in [-0.1, -0.05) is 13.3 Å². The van der Waals surface area contributed by atoms with Crippen molar-refractivity contribution >= 4 is 23.4 Å². The van der Waals surface area contributed by atoms with Crippen LogP contribution in [0, 0.1) is 5.92 Å². The van der Waals surface area contributed by atoms with Gasteiger partial charge in [0.25, 0.3) is 0 Å². The number of imidazole rings is 1. The number of aromatic amines is 1. The number of methoxy groups -OCH3 is 1. The molecule has 3 rings (SSSR count). The molecule has 1 aromatic carbocycles. The van der Waals surface area contributed by atoms with E-state index in [9.17, 15) is 9.59 Å². The van der Waals surface area contributed by atoms with Gasteiger partial charge in [-0.2, -0.15) is 0 Å². The summed E-state index contributed by atoms with van der Waals surface area (Å²) in [6.45, 7) is 2.00. The largest absolute Gasteiger partial charge is 0.453 e. The summed E-state index contributed by atoms with van der Waals surface area (Å²) in [5.74, 6) is 0.592. The molecule has 27 heavy (non-hydrogen) atoms. The van der Waals surface area contributed by atoms with Crippen molar-refractivity contribution in [3.63, 3.8) is 0 Å². The van der Waals surface area contributed by atoms with E-state index >= 15 is 0 Å². The van der Waals surface area contributed by atoms with Crippen LogP contribution < -0.4 is 16.4 Å². The first kappa shape index (κ1) is 18.9. The predicted octanol–water partition coefficient (Wildman–Crippen LogP) is 3.40. The molecule has 0 saturated heterocycles. The maximum atomic E-state index is 12.8. The van der Waals surface area contributed by atoms with Crippen LogP contribution in [0.3, 0.4) is 0 Å². The smallest absolute Gasteiger partial charge is 0.411 e. The molecule has 8 nitrogen and oxygen atoms in total. The zero-order valence-electron chi connectivity index (χ0n) is 15.5. The normalized spacial score (nSPS) is 19.9. The van der Waals surface area contributed by atoms with Gasteiger partial charge in [0.05, 0.1) is 24.5 Å². The summed E-state index contributed by atoms with van der Waals surface area (Å²) in [7, 11) is 1.30. The molecule has 2 heterocycles. The van der Waals surface area contributed by atoms with Crippen LogP contribution in [-0.2, 0) is 9.53 Å². The lowest BCUT2D eigenvalue weighted by Crippen LogP contribution is -2.23. The molecule has 0 radical (unpaired) electrons. The number of carbonyl (C=O) groups is 2. The third-order valence-electron chi connectivity index (χ3n) is 4.87. The van der Waals surface area contributed by atoms with Crippen LogP contribution in [0.15, 0.2) is 24.4 Å². The van der Waals surface area contributed by atoms with E-state index in [-0.39, 0.29) is 17.9 Å². The fourth-order valence-corrected chi connectivity index (χ4v) is 3.26. The van der Waals surface area contributed by atoms with Gasteiger partial charge in [-0.15, -0.1) is 0 Å². The molecular weight excluding hydrogens is 346 g/mol. The number of fused-ring (bicyclic) bond motifs is 4. The number of anilines is 2.